The smallest absolute Gasteiger partial charge is 0.295 e. The average molecular weight is 472 g/mol. The van der Waals surface area contributed by atoms with Gasteiger partial charge in [0.2, 0.25) is 0 Å². The molecule has 0 aliphatic carbocycles. The largest absolute Gasteiger partial charge is 0.507 e. The van der Waals surface area contributed by atoms with E-state index in [2.05, 4.69) is 0 Å². The number of aliphatic hydroxyl groups excluding tert-OH is 1. The lowest BCUT2D eigenvalue weighted by molar-refractivity contribution is -0.140. The van der Waals surface area contributed by atoms with Gasteiger partial charge in [0.1, 0.15) is 18.1 Å². The molecule has 0 spiro atoms. The molecule has 180 valence electrons. The minimum absolute atomic E-state index is 0.0900. The number of ether oxygens (including phenoxy) is 2. The number of benzene rings is 3. The lowest BCUT2D eigenvalue weighted by Gasteiger charge is -2.25. The van der Waals surface area contributed by atoms with Crippen LogP contribution >= 0.6 is 0 Å². The summed E-state index contributed by atoms with van der Waals surface area (Å²) in [6.45, 7) is 3.28. The molecule has 35 heavy (non-hydrogen) atoms. The van der Waals surface area contributed by atoms with Gasteiger partial charge in [0.15, 0.2) is 0 Å². The van der Waals surface area contributed by atoms with Crippen LogP contribution in [0.15, 0.2) is 84.4 Å². The maximum absolute atomic E-state index is 13.0. The second kappa shape index (κ2) is 11.0. The van der Waals surface area contributed by atoms with Crippen molar-refractivity contribution in [3.05, 3.63) is 107 Å². The zero-order chi connectivity index (χ0) is 24.8. The molecule has 1 heterocycles. The molecule has 6 nitrogen and oxygen atoms in total. The molecule has 1 fully saturated rings. The van der Waals surface area contributed by atoms with Gasteiger partial charge in [0.25, 0.3) is 11.7 Å². The highest BCUT2D eigenvalue weighted by molar-refractivity contribution is 6.46. The Labute approximate surface area is 205 Å². The van der Waals surface area contributed by atoms with E-state index in [9.17, 15) is 14.7 Å². The van der Waals surface area contributed by atoms with E-state index < -0.39 is 17.7 Å². The Morgan fingerprint density at radius 1 is 0.943 bits per heavy atom. The number of aryl methyl sites for hydroxylation is 1. The van der Waals surface area contributed by atoms with Crippen molar-refractivity contribution >= 4 is 17.4 Å². The minimum atomic E-state index is -0.686. The SMILES string of the molecule is COCCCN1C(=O)C(=O)C(=C(O)c2ccc(OCc3ccccc3C)cc2)C1c1ccccc1. The van der Waals surface area contributed by atoms with Crippen molar-refractivity contribution < 1.29 is 24.2 Å². The monoisotopic (exact) mass is 471 g/mol. The number of amides is 1. The number of carbonyl (C=O) groups excluding carboxylic acids is 2. The number of aliphatic hydroxyl groups is 1. The number of ketones is 1. The van der Waals surface area contributed by atoms with E-state index >= 15 is 0 Å². The van der Waals surface area contributed by atoms with Crippen LogP contribution in [-0.4, -0.2) is 42.0 Å². The maximum atomic E-state index is 13.0. The molecule has 0 bridgehead atoms. The van der Waals surface area contributed by atoms with Crippen molar-refractivity contribution in [2.75, 3.05) is 20.3 Å². The fraction of sp³-hybridized carbons (Fsp3) is 0.241. The van der Waals surface area contributed by atoms with Crippen LogP contribution in [0.1, 0.15) is 34.7 Å². The summed E-state index contributed by atoms with van der Waals surface area (Å²) in [6.07, 6.45) is 0.583. The second-order valence-electron chi connectivity index (χ2n) is 8.49. The molecule has 3 aromatic rings. The van der Waals surface area contributed by atoms with Crippen LogP contribution in [0.25, 0.3) is 5.76 Å². The van der Waals surface area contributed by atoms with Gasteiger partial charge in [-0.05, 0) is 54.3 Å². The van der Waals surface area contributed by atoms with Crippen LogP contribution in [0.4, 0.5) is 0 Å². The summed E-state index contributed by atoms with van der Waals surface area (Å²) >= 11 is 0. The maximum Gasteiger partial charge on any atom is 0.295 e. The Balaban J connectivity index is 1.62. The Bertz CT molecular complexity index is 1220. The fourth-order valence-corrected chi connectivity index (χ4v) is 4.27. The zero-order valence-electron chi connectivity index (χ0n) is 19.9. The van der Waals surface area contributed by atoms with Gasteiger partial charge < -0.3 is 19.5 Å². The molecule has 1 atom stereocenters. The first kappa shape index (κ1) is 24.2. The van der Waals surface area contributed by atoms with Crippen LogP contribution < -0.4 is 4.74 Å². The highest BCUT2D eigenvalue weighted by Crippen LogP contribution is 2.39. The molecule has 1 aliphatic heterocycles. The van der Waals surface area contributed by atoms with E-state index in [-0.39, 0.29) is 11.3 Å². The zero-order valence-corrected chi connectivity index (χ0v) is 19.9. The highest BCUT2D eigenvalue weighted by Gasteiger charge is 2.45. The molecule has 1 aliphatic rings. The van der Waals surface area contributed by atoms with Gasteiger partial charge in [-0.15, -0.1) is 0 Å². The highest BCUT2D eigenvalue weighted by atomic mass is 16.5. The number of hydrogen-bond donors (Lipinski definition) is 1. The van der Waals surface area contributed by atoms with E-state index in [1.54, 1.807) is 31.4 Å². The topological polar surface area (TPSA) is 76.1 Å². The van der Waals surface area contributed by atoms with E-state index in [1.807, 2.05) is 61.5 Å². The number of hydrogen-bond acceptors (Lipinski definition) is 5. The standard InChI is InChI=1S/C29H29NO5/c1-20-9-6-7-12-23(20)19-35-24-15-13-22(14-16-24)27(31)25-26(21-10-4-3-5-11-21)30(17-8-18-34-2)29(33)28(25)32/h3-7,9-16,26,31H,8,17-19H2,1-2H3. The third-order valence-electron chi connectivity index (χ3n) is 6.19. The van der Waals surface area contributed by atoms with Crippen LogP contribution in [-0.2, 0) is 20.9 Å². The quantitative estimate of drug-likeness (QED) is 0.205. The number of methoxy groups -OCH3 is 1. The number of rotatable bonds is 9. The summed E-state index contributed by atoms with van der Waals surface area (Å²) in [7, 11) is 1.59. The summed E-state index contributed by atoms with van der Waals surface area (Å²) in [5, 5.41) is 11.2. The van der Waals surface area contributed by atoms with Crippen molar-refractivity contribution in [1.82, 2.24) is 4.90 Å². The van der Waals surface area contributed by atoms with Gasteiger partial charge in [0, 0.05) is 25.8 Å². The molecule has 0 saturated carbocycles. The third kappa shape index (κ3) is 5.28. The molecule has 4 rings (SSSR count). The number of Topliss-reactive ketones (excluding diaryl/α,β-unsaturated/α-hetero) is 1. The van der Waals surface area contributed by atoms with Crippen molar-refractivity contribution in [3.63, 3.8) is 0 Å². The predicted molar refractivity (Wildman–Crippen MR) is 134 cm³/mol. The van der Waals surface area contributed by atoms with Gasteiger partial charge in [-0.25, -0.2) is 0 Å². The first-order chi connectivity index (χ1) is 17.0. The molecule has 6 heteroatoms. The fourth-order valence-electron chi connectivity index (χ4n) is 4.27. The Morgan fingerprint density at radius 3 is 2.31 bits per heavy atom. The molecule has 1 saturated heterocycles. The van der Waals surface area contributed by atoms with E-state index in [0.717, 1.165) is 16.7 Å². The molecule has 1 unspecified atom stereocenters. The molecular formula is C29H29NO5. The molecule has 1 N–H and O–H groups in total. The van der Waals surface area contributed by atoms with E-state index in [4.69, 9.17) is 9.47 Å². The van der Waals surface area contributed by atoms with E-state index in [1.165, 1.54) is 4.90 Å². The summed E-state index contributed by atoms with van der Waals surface area (Å²) in [4.78, 5) is 27.5. The normalized spacial score (nSPS) is 17.1. The predicted octanol–water partition coefficient (Wildman–Crippen LogP) is 5.03. The van der Waals surface area contributed by atoms with Gasteiger partial charge >= 0.3 is 0 Å². The van der Waals surface area contributed by atoms with Gasteiger partial charge in [-0.1, -0.05) is 54.6 Å². The Kier molecular flexibility index (Phi) is 7.63. The lowest BCUT2D eigenvalue weighted by atomic mass is 9.95. The third-order valence-corrected chi connectivity index (χ3v) is 6.19. The minimum Gasteiger partial charge on any atom is -0.507 e. The molecular weight excluding hydrogens is 442 g/mol. The number of nitrogens with zero attached hydrogens (tertiary/aromatic N) is 1. The van der Waals surface area contributed by atoms with Crippen molar-refractivity contribution in [2.24, 2.45) is 0 Å². The first-order valence-electron chi connectivity index (χ1n) is 11.6. The number of carbonyl (C=O) groups is 2. The number of likely N-dealkylation sites (tertiary alicyclic amines) is 1. The Morgan fingerprint density at radius 2 is 1.63 bits per heavy atom. The van der Waals surface area contributed by atoms with Crippen molar-refractivity contribution in [1.29, 1.82) is 0 Å². The summed E-state index contributed by atoms with van der Waals surface area (Å²) in [5.74, 6) is -0.857. The van der Waals surface area contributed by atoms with Gasteiger partial charge in [-0.3, -0.25) is 9.59 Å². The second-order valence-corrected chi connectivity index (χ2v) is 8.49. The molecule has 0 aromatic heterocycles. The van der Waals surface area contributed by atoms with Crippen LogP contribution in [0.2, 0.25) is 0 Å². The lowest BCUT2D eigenvalue weighted by Crippen LogP contribution is -2.31. The molecule has 0 radical (unpaired) electrons. The van der Waals surface area contributed by atoms with Gasteiger partial charge in [-0.2, -0.15) is 0 Å². The van der Waals surface area contributed by atoms with Crippen molar-refractivity contribution in [2.45, 2.75) is 26.0 Å². The van der Waals surface area contributed by atoms with Crippen LogP contribution in [0, 0.1) is 6.92 Å². The first-order valence-corrected chi connectivity index (χ1v) is 11.6. The van der Waals surface area contributed by atoms with Crippen LogP contribution in [0.5, 0.6) is 5.75 Å². The van der Waals surface area contributed by atoms with Gasteiger partial charge in [0.05, 0.1) is 11.6 Å². The molecule has 3 aromatic carbocycles. The summed E-state index contributed by atoms with van der Waals surface area (Å²) in [6, 6.07) is 23.5. The Hall–Kier alpha value is -3.90. The molecule has 1 amide bonds. The van der Waals surface area contributed by atoms with Crippen LogP contribution in [0.3, 0.4) is 0 Å². The summed E-state index contributed by atoms with van der Waals surface area (Å²) < 4.78 is 11.0. The summed E-state index contributed by atoms with van der Waals surface area (Å²) in [5.41, 5.74) is 3.55. The average Bonchev–Trinajstić information content (AvgIpc) is 3.14. The van der Waals surface area contributed by atoms with Crippen molar-refractivity contribution in [3.8, 4) is 5.75 Å². The van der Waals surface area contributed by atoms with E-state index in [0.29, 0.717) is 37.5 Å².